The van der Waals surface area contributed by atoms with E-state index in [0.717, 1.165) is 12.0 Å². The smallest absolute Gasteiger partial charge is 0.146 e. The summed E-state index contributed by atoms with van der Waals surface area (Å²) in [4.78, 5) is 0. The fourth-order valence-electron chi connectivity index (χ4n) is 3.41. The van der Waals surface area contributed by atoms with Gasteiger partial charge in [0, 0.05) is 6.54 Å². The molecule has 0 aromatic heterocycles. The predicted octanol–water partition coefficient (Wildman–Crippen LogP) is 4.04. The lowest BCUT2D eigenvalue weighted by Crippen LogP contribution is -2.28. The molecule has 1 aliphatic carbocycles. The van der Waals surface area contributed by atoms with Crippen LogP contribution in [0.15, 0.2) is 18.2 Å². The molecule has 0 amide bonds. The second kappa shape index (κ2) is 5.12. The van der Waals surface area contributed by atoms with E-state index in [9.17, 15) is 4.39 Å². The molecule has 1 spiro atoms. The Labute approximate surface area is 114 Å². The minimum atomic E-state index is -0.173. The van der Waals surface area contributed by atoms with E-state index in [0.29, 0.717) is 12.2 Å². The van der Waals surface area contributed by atoms with Crippen molar-refractivity contribution in [2.45, 2.75) is 57.2 Å². The lowest BCUT2D eigenvalue weighted by Gasteiger charge is -2.24. The normalized spacial score (nSPS) is 25.1. The lowest BCUT2D eigenvalue weighted by molar-refractivity contribution is -0.0307. The van der Waals surface area contributed by atoms with Crippen molar-refractivity contribution in [1.29, 1.82) is 0 Å². The van der Waals surface area contributed by atoms with Crippen molar-refractivity contribution in [3.63, 3.8) is 0 Å². The van der Waals surface area contributed by atoms with E-state index in [1.165, 1.54) is 32.1 Å². The van der Waals surface area contributed by atoms with Gasteiger partial charge in [0.15, 0.2) is 0 Å². The lowest BCUT2D eigenvalue weighted by atomic mass is 9.98. The van der Waals surface area contributed by atoms with Crippen molar-refractivity contribution < 1.29 is 9.13 Å². The molecular weight excluding hydrogens is 241 g/mol. The second-order valence-electron chi connectivity index (χ2n) is 6.03. The third kappa shape index (κ3) is 2.76. The van der Waals surface area contributed by atoms with Gasteiger partial charge in [-0.25, -0.2) is 4.39 Å². The minimum absolute atomic E-state index is 0.165. The van der Waals surface area contributed by atoms with E-state index in [2.05, 4.69) is 5.32 Å². The van der Waals surface area contributed by atoms with E-state index in [-0.39, 0.29) is 17.5 Å². The monoisotopic (exact) mass is 263 g/mol. The van der Waals surface area contributed by atoms with Crippen molar-refractivity contribution in [2.24, 2.45) is 0 Å². The van der Waals surface area contributed by atoms with Gasteiger partial charge in [-0.3, -0.25) is 0 Å². The summed E-state index contributed by atoms with van der Waals surface area (Å²) in [7, 11) is 0. The Morgan fingerprint density at radius 3 is 2.84 bits per heavy atom. The predicted molar refractivity (Wildman–Crippen MR) is 74.9 cm³/mol. The summed E-state index contributed by atoms with van der Waals surface area (Å²) < 4.78 is 19.9. The Morgan fingerprint density at radius 1 is 1.32 bits per heavy atom. The quantitative estimate of drug-likeness (QED) is 0.888. The standard InChI is InChI=1S/C16H22FNO/c1-12-4-5-15(14(17)10-12)18-11-13-6-9-16(19-13)7-2-3-8-16/h4-5,10,13,18H,2-3,6-9,11H2,1H3. The fraction of sp³-hybridized carbons (Fsp3) is 0.625. The third-order valence-electron chi connectivity index (χ3n) is 4.50. The molecule has 1 aromatic carbocycles. The van der Waals surface area contributed by atoms with Crippen LogP contribution in [0.3, 0.4) is 0 Å². The summed E-state index contributed by atoms with van der Waals surface area (Å²) in [6.07, 6.45) is 7.53. The van der Waals surface area contributed by atoms with Crippen molar-refractivity contribution in [3.05, 3.63) is 29.6 Å². The number of ether oxygens (including phenoxy) is 1. The van der Waals surface area contributed by atoms with Crippen molar-refractivity contribution in [3.8, 4) is 0 Å². The van der Waals surface area contributed by atoms with Gasteiger partial charge in [-0.05, 0) is 50.3 Å². The summed E-state index contributed by atoms with van der Waals surface area (Å²) in [5.41, 5.74) is 1.70. The summed E-state index contributed by atoms with van der Waals surface area (Å²) >= 11 is 0. The average Bonchev–Trinajstić information content (AvgIpc) is 2.99. The summed E-state index contributed by atoms with van der Waals surface area (Å²) in [6.45, 7) is 2.61. The third-order valence-corrected chi connectivity index (χ3v) is 4.50. The molecule has 2 fully saturated rings. The van der Waals surface area contributed by atoms with Gasteiger partial charge in [-0.2, -0.15) is 0 Å². The minimum Gasteiger partial charge on any atom is -0.380 e. The van der Waals surface area contributed by atoms with Crippen LogP contribution in [0, 0.1) is 12.7 Å². The maximum atomic E-state index is 13.7. The van der Waals surface area contributed by atoms with Crippen LogP contribution in [0.25, 0.3) is 0 Å². The number of nitrogens with one attached hydrogen (secondary N) is 1. The molecule has 1 aromatic rings. The van der Waals surface area contributed by atoms with E-state index in [1.54, 1.807) is 6.07 Å². The molecule has 0 bridgehead atoms. The number of anilines is 1. The van der Waals surface area contributed by atoms with Gasteiger partial charge in [0.05, 0.1) is 17.4 Å². The molecule has 1 saturated heterocycles. The molecule has 1 atom stereocenters. The number of benzene rings is 1. The first-order valence-electron chi connectivity index (χ1n) is 7.35. The van der Waals surface area contributed by atoms with Crippen molar-refractivity contribution >= 4 is 5.69 Å². The van der Waals surface area contributed by atoms with Crippen LogP contribution in [-0.4, -0.2) is 18.2 Å². The molecule has 2 aliphatic rings. The second-order valence-corrected chi connectivity index (χ2v) is 6.03. The SMILES string of the molecule is Cc1ccc(NCC2CCC3(CCCC3)O2)c(F)c1. The molecule has 3 heteroatoms. The van der Waals surface area contributed by atoms with Crippen LogP contribution in [0.2, 0.25) is 0 Å². The van der Waals surface area contributed by atoms with Gasteiger partial charge < -0.3 is 10.1 Å². The van der Waals surface area contributed by atoms with E-state index < -0.39 is 0 Å². The van der Waals surface area contributed by atoms with Gasteiger partial charge in [0.25, 0.3) is 0 Å². The summed E-state index contributed by atoms with van der Waals surface area (Å²) in [5, 5.41) is 3.19. The highest BCUT2D eigenvalue weighted by atomic mass is 19.1. The number of halogens is 1. The Bertz CT molecular complexity index is 454. The van der Waals surface area contributed by atoms with Crippen LogP contribution in [0.4, 0.5) is 10.1 Å². The first kappa shape index (κ1) is 12.9. The molecule has 1 unspecified atom stereocenters. The molecule has 104 valence electrons. The number of hydrogen-bond donors (Lipinski definition) is 1. The first-order chi connectivity index (χ1) is 9.17. The highest BCUT2D eigenvalue weighted by Gasteiger charge is 2.41. The molecule has 1 saturated carbocycles. The topological polar surface area (TPSA) is 21.3 Å². The highest BCUT2D eigenvalue weighted by molar-refractivity contribution is 5.46. The van der Waals surface area contributed by atoms with Crippen LogP contribution < -0.4 is 5.32 Å². The Balaban J connectivity index is 1.55. The number of rotatable bonds is 3. The molecule has 19 heavy (non-hydrogen) atoms. The zero-order valence-electron chi connectivity index (χ0n) is 11.5. The van der Waals surface area contributed by atoms with Gasteiger partial charge in [0.2, 0.25) is 0 Å². The van der Waals surface area contributed by atoms with E-state index >= 15 is 0 Å². The Kier molecular flexibility index (Phi) is 3.48. The molecule has 1 heterocycles. The number of aryl methyl sites for hydroxylation is 1. The summed E-state index contributed by atoms with van der Waals surface area (Å²) in [6, 6.07) is 5.31. The molecule has 2 nitrogen and oxygen atoms in total. The van der Waals surface area contributed by atoms with Gasteiger partial charge in [-0.1, -0.05) is 18.9 Å². The Hall–Kier alpha value is -1.09. The molecule has 3 rings (SSSR count). The maximum Gasteiger partial charge on any atom is 0.146 e. The Morgan fingerprint density at radius 2 is 2.11 bits per heavy atom. The van der Waals surface area contributed by atoms with Crippen LogP contribution in [-0.2, 0) is 4.74 Å². The summed E-state index contributed by atoms with van der Waals surface area (Å²) in [5.74, 6) is -0.173. The van der Waals surface area contributed by atoms with Crippen LogP contribution >= 0.6 is 0 Å². The fourth-order valence-corrected chi connectivity index (χ4v) is 3.41. The van der Waals surface area contributed by atoms with Crippen LogP contribution in [0.5, 0.6) is 0 Å². The first-order valence-corrected chi connectivity index (χ1v) is 7.35. The average molecular weight is 263 g/mol. The molecule has 1 aliphatic heterocycles. The zero-order chi connectivity index (χ0) is 13.3. The van der Waals surface area contributed by atoms with Crippen molar-refractivity contribution in [2.75, 3.05) is 11.9 Å². The molecule has 0 radical (unpaired) electrons. The van der Waals surface area contributed by atoms with Gasteiger partial charge in [-0.15, -0.1) is 0 Å². The van der Waals surface area contributed by atoms with Crippen molar-refractivity contribution in [1.82, 2.24) is 0 Å². The largest absolute Gasteiger partial charge is 0.380 e. The van der Waals surface area contributed by atoms with E-state index in [1.807, 2.05) is 19.1 Å². The molecule has 1 N–H and O–H groups in total. The van der Waals surface area contributed by atoms with Gasteiger partial charge in [0.1, 0.15) is 5.82 Å². The van der Waals surface area contributed by atoms with Crippen LogP contribution in [0.1, 0.15) is 44.1 Å². The maximum absolute atomic E-state index is 13.7. The molecular formula is C16H22FNO. The van der Waals surface area contributed by atoms with E-state index in [4.69, 9.17) is 4.74 Å². The number of hydrogen-bond acceptors (Lipinski definition) is 2. The highest BCUT2D eigenvalue weighted by Crippen LogP contribution is 2.43. The van der Waals surface area contributed by atoms with Gasteiger partial charge >= 0.3 is 0 Å². The zero-order valence-corrected chi connectivity index (χ0v) is 11.5.